The molecule has 0 saturated carbocycles. The molecule has 0 aliphatic carbocycles. The van der Waals surface area contributed by atoms with E-state index in [0.29, 0.717) is 18.1 Å². The average Bonchev–Trinajstić information content (AvgIpc) is 3.32. The number of benzene rings is 3. The Balaban J connectivity index is 1.30. The summed E-state index contributed by atoms with van der Waals surface area (Å²) in [6, 6.07) is 26.3. The molecule has 4 aromatic rings. The van der Waals surface area contributed by atoms with E-state index < -0.39 is 0 Å². The van der Waals surface area contributed by atoms with Gasteiger partial charge in [0.15, 0.2) is 0 Å². The molecule has 1 heterocycles. The molecule has 0 radical (unpaired) electrons. The average molecular weight is 426 g/mol. The van der Waals surface area contributed by atoms with Crippen molar-refractivity contribution < 1.29 is 9.32 Å². The number of rotatable bonds is 9. The number of carbonyl (C=O) groups is 1. The third-order valence-electron chi connectivity index (χ3n) is 5.34. The molecular formula is C27H27N3O2. The number of aryl methyl sites for hydroxylation is 2. The fourth-order valence-corrected chi connectivity index (χ4v) is 3.50. The molecule has 5 nitrogen and oxygen atoms in total. The Morgan fingerprint density at radius 1 is 0.844 bits per heavy atom. The van der Waals surface area contributed by atoms with Crippen LogP contribution in [0.4, 0.5) is 5.69 Å². The van der Waals surface area contributed by atoms with Gasteiger partial charge in [0.2, 0.25) is 17.6 Å². The SMILES string of the molecule is CCCCc1ccc(NC(=O)CCc2nc(-c3ccc(-c4ccccc4)cc3)no2)cc1. The first-order valence-corrected chi connectivity index (χ1v) is 11.1. The van der Waals surface area contributed by atoms with Crippen molar-refractivity contribution in [1.82, 2.24) is 10.1 Å². The highest BCUT2D eigenvalue weighted by Gasteiger charge is 2.11. The first-order chi connectivity index (χ1) is 15.7. The molecule has 0 bridgehead atoms. The summed E-state index contributed by atoms with van der Waals surface area (Å²) in [5, 5.41) is 6.99. The van der Waals surface area contributed by atoms with Crippen LogP contribution in [0.2, 0.25) is 0 Å². The number of hydrogen-bond acceptors (Lipinski definition) is 4. The number of carbonyl (C=O) groups excluding carboxylic acids is 1. The molecule has 32 heavy (non-hydrogen) atoms. The second-order valence-corrected chi connectivity index (χ2v) is 7.80. The molecule has 1 N–H and O–H groups in total. The van der Waals surface area contributed by atoms with Crippen LogP contribution in [0.1, 0.15) is 37.6 Å². The first-order valence-electron chi connectivity index (χ1n) is 11.1. The lowest BCUT2D eigenvalue weighted by Gasteiger charge is -2.06. The van der Waals surface area contributed by atoms with Crippen molar-refractivity contribution >= 4 is 11.6 Å². The van der Waals surface area contributed by atoms with Crippen LogP contribution in [-0.2, 0) is 17.6 Å². The third kappa shape index (κ3) is 5.70. The molecule has 5 heteroatoms. The minimum absolute atomic E-state index is 0.0710. The van der Waals surface area contributed by atoms with Gasteiger partial charge in [-0.1, -0.05) is 85.2 Å². The van der Waals surface area contributed by atoms with Crippen LogP contribution in [0.3, 0.4) is 0 Å². The van der Waals surface area contributed by atoms with Gasteiger partial charge in [0, 0.05) is 24.1 Å². The van der Waals surface area contributed by atoms with Gasteiger partial charge in [-0.3, -0.25) is 4.79 Å². The Labute approximate surface area is 188 Å². The third-order valence-corrected chi connectivity index (χ3v) is 5.34. The molecule has 0 aliphatic heterocycles. The summed E-state index contributed by atoms with van der Waals surface area (Å²) >= 11 is 0. The highest BCUT2D eigenvalue weighted by atomic mass is 16.5. The largest absolute Gasteiger partial charge is 0.339 e. The number of hydrogen-bond donors (Lipinski definition) is 1. The molecule has 0 atom stereocenters. The van der Waals surface area contributed by atoms with Crippen LogP contribution in [0.5, 0.6) is 0 Å². The van der Waals surface area contributed by atoms with E-state index in [1.165, 1.54) is 18.4 Å². The van der Waals surface area contributed by atoms with Crippen LogP contribution in [-0.4, -0.2) is 16.0 Å². The van der Waals surface area contributed by atoms with Crippen LogP contribution in [0, 0.1) is 0 Å². The minimum atomic E-state index is -0.0710. The molecule has 0 spiro atoms. The Hall–Kier alpha value is -3.73. The maximum atomic E-state index is 12.3. The van der Waals surface area contributed by atoms with E-state index in [1.807, 2.05) is 54.6 Å². The van der Waals surface area contributed by atoms with E-state index >= 15 is 0 Å². The summed E-state index contributed by atoms with van der Waals surface area (Å²) in [4.78, 5) is 16.7. The van der Waals surface area contributed by atoms with Crippen LogP contribution >= 0.6 is 0 Å². The van der Waals surface area contributed by atoms with Crippen molar-refractivity contribution in [2.45, 2.75) is 39.0 Å². The molecule has 0 unspecified atom stereocenters. The number of aromatic nitrogens is 2. The molecule has 4 rings (SSSR count). The predicted octanol–water partition coefficient (Wildman–Crippen LogP) is 6.32. The lowest BCUT2D eigenvalue weighted by Crippen LogP contribution is -2.12. The van der Waals surface area contributed by atoms with E-state index in [4.69, 9.17) is 4.52 Å². The van der Waals surface area contributed by atoms with Crippen molar-refractivity contribution in [2.24, 2.45) is 0 Å². The fraction of sp³-hybridized carbons (Fsp3) is 0.222. The van der Waals surface area contributed by atoms with Crippen molar-refractivity contribution in [3.05, 3.63) is 90.3 Å². The summed E-state index contributed by atoms with van der Waals surface area (Å²) in [7, 11) is 0. The minimum Gasteiger partial charge on any atom is -0.339 e. The van der Waals surface area contributed by atoms with Gasteiger partial charge >= 0.3 is 0 Å². The van der Waals surface area contributed by atoms with Crippen LogP contribution in [0.25, 0.3) is 22.5 Å². The molecule has 0 aliphatic rings. The number of anilines is 1. The zero-order valence-electron chi connectivity index (χ0n) is 18.3. The summed E-state index contributed by atoms with van der Waals surface area (Å²) in [6.45, 7) is 2.18. The van der Waals surface area contributed by atoms with E-state index in [-0.39, 0.29) is 12.3 Å². The smallest absolute Gasteiger partial charge is 0.227 e. The van der Waals surface area contributed by atoms with Crippen molar-refractivity contribution in [1.29, 1.82) is 0 Å². The van der Waals surface area contributed by atoms with E-state index in [9.17, 15) is 4.79 Å². The second-order valence-electron chi connectivity index (χ2n) is 7.80. The Morgan fingerprint density at radius 2 is 1.53 bits per heavy atom. The van der Waals surface area contributed by atoms with Gasteiger partial charge in [0.05, 0.1) is 0 Å². The quantitative estimate of drug-likeness (QED) is 0.341. The number of nitrogens with one attached hydrogen (secondary N) is 1. The molecule has 3 aromatic carbocycles. The predicted molar refractivity (Wildman–Crippen MR) is 127 cm³/mol. The monoisotopic (exact) mass is 425 g/mol. The van der Waals surface area contributed by atoms with Crippen molar-refractivity contribution in [3.63, 3.8) is 0 Å². The van der Waals surface area contributed by atoms with Crippen molar-refractivity contribution in [3.8, 4) is 22.5 Å². The van der Waals surface area contributed by atoms with E-state index in [1.54, 1.807) is 0 Å². The Kier molecular flexibility index (Phi) is 7.08. The zero-order valence-corrected chi connectivity index (χ0v) is 18.3. The lowest BCUT2D eigenvalue weighted by molar-refractivity contribution is -0.116. The van der Waals surface area contributed by atoms with Gasteiger partial charge in [0.25, 0.3) is 0 Å². The van der Waals surface area contributed by atoms with Gasteiger partial charge < -0.3 is 9.84 Å². The Morgan fingerprint density at radius 3 is 2.25 bits per heavy atom. The highest BCUT2D eigenvalue weighted by Crippen LogP contribution is 2.23. The summed E-state index contributed by atoms with van der Waals surface area (Å²) < 4.78 is 5.35. The normalized spacial score (nSPS) is 10.8. The molecule has 0 saturated heterocycles. The maximum absolute atomic E-state index is 12.3. The standard InChI is InChI=1S/C27H27N3O2/c1-2-3-7-20-10-16-24(17-11-20)28-25(31)18-19-26-29-27(30-32-26)23-14-12-22(13-15-23)21-8-5-4-6-9-21/h4-6,8-17H,2-3,7,18-19H2,1H3,(H,28,31). The lowest BCUT2D eigenvalue weighted by atomic mass is 10.0. The summed E-state index contributed by atoms with van der Waals surface area (Å²) in [5.74, 6) is 0.915. The Bertz CT molecular complexity index is 1130. The second kappa shape index (κ2) is 10.5. The first kappa shape index (κ1) is 21.5. The zero-order chi connectivity index (χ0) is 22.2. The highest BCUT2D eigenvalue weighted by molar-refractivity contribution is 5.90. The topological polar surface area (TPSA) is 68.0 Å². The summed E-state index contributed by atoms with van der Waals surface area (Å²) in [5.41, 5.74) is 5.27. The van der Waals surface area contributed by atoms with Crippen LogP contribution in [0.15, 0.2) is 83.4 Å². The molecule has 0 fully saturated rings. The van der Waals surface area contributed by atoms with E-state index in [2.05, 4.69) is 46.6 Å². The number of unbranched alkanes of at least 4 members (excludes halogenated alkanes) is 1. The maximum Gasteiger partial charge on any atom is 0.227 e. The van der Waals surface area contributed by atoms with E-state index in [0.717, 1.165) is 28.8 Å². The number of amides is 1. The van der Waals surface area contributed by atoms with Gasteiger partial charge in [-0.15, -0.1) is 0 Å². The van der Waals surface area contributed by atoms with Gasteiger partial charge in [-0.05, 0) is 41.7 Å². The molecule has 162 valence electrons. The summed E-state index contributed by atoms with van der Waals surface area (Å²) in [6.07, 6.45) is 4.10. The van der Waals surface area contributed by atoms with Gasteiger partial charge in [-0.25, -0.2) is 0 Å². The molecule has 1 amide bonds. The fourth-order valence-electron chi connectivity index (χ4n) is 3.50. The van der Waals surface area contributed by atoms with Gasteiger partial charge in [0.1, 0.15) is 0 Å². The van der Waals surface area contributed by atoms with Gasteiger partial charge in [-0.2, -0.15) is 4.98 Å². The molecule has 1 aromatic heterocycles. The molecular weight excluding hydrogens is 398 g/mol. The van der Waals surface area contributed by atoms with Crippen molar-refractivity contribution in [2.75, 3.05) is 5.32 Å². The number of nitrogens with zero attached hydrogens (tertiary/aromatic N) is 2. The van der Waals surface area contributed by atoms with Crippen LogP contribution < -0.4 is 5.32 Å².